The average Bonchev–Trinajstić information content (AvgIpc) is 3.69. The Morgan fingerprint density at radius 3 is 2.33 bits per heavy atom. The van der Waals surface area contributed by atoms with E-state index in [9.17, 15) is 13.2 Å². The van der Waals surface area contributed by atoms with Gasteiger partial charge in [-0.3, -0.25) is 4.79 Å². The summed E-state index contributed by atoms with van der Waals surface area (Å²) in [6, 6.07) is 34.4. The minimum absolute atomic E-state index is 0.232. The van der Waals surface area contributed by atoms with E-state index in [-0.39, 0.29) is 10.8 Å². The van der Waals surface area contributed by atoms with Crippen LogP contribution in [0, 0.1) is 12.8 Å². The molecule has 0 saturated carbocycles. The van der Waals surface area contributed by atoms with Gasteiger partial charge in [-0.15, -0.1) is 11.8 Å². The molecule has 1 unspecified atom stereocenters. The third-order valence-electron chi connectivity index (χ3n) is 8.78. The predicted octanol–water partition coefficient (Wildman–Crippen LogP) is 7.85. The molecule has 0 spiro atoms. The smallest absolute Gasteiger partial charge is 0.267 e. The maximum Gasteiger partial charge on any atom is 0.280 e. The lowest BCUT2D eigenvalue weighted by Gasteiger charge is -2.30. The van der Waals surface area contributed by atoms with E-state index in [1.807, 2.05) is 79.0 Å². The molecule has 0 aliphatic carbocycles. The summed E-state index contributed by atoms with van der Waals surface area (Å²) >= 11 is 1.62. The molecule has 1 atom stereocenters. The number of para-hydroxylation sites is 2. The zero-order valence-electron chi connectivity index (χ0n) is 27.4. The molecule has 4 aromatic carbocycles. The molecule has 8 nitrogen and oxygen atoms in total. The summed E-state index contributed by atoms with van der Waals surface area (Å²) in [4.78, 5) is 15.4. The molecule has 0 N–H and O–H groups in total. The van der Waals surface area contributed by atoms with E-state index in [1.165, 1.54) is 10.6 Å². The van der Waals surface area contributed by atoms with Crippen molar-refractivity contribution in [3.63, 3.8) is 0 Å². The van der Waals surface area contributed by atoms with Crippen LogP contribution in [-0.2, 0) is 14.8 Å². The van der Waals surface area contributed by atoms with Gasteiger partial charge < -0.3 is 0 Å². The maximum absolute atomic E-state index is 14.1. The topological polar surface area (TPSA) is 87.9 Å². The van der Waals surface area contributed by atoms with E-state index in [4.69, 9.17) is 10.2 Å². The van der Waals surface area contributed by atoms with E-state index in [2.05, 4.69) is 38.1 Å². The molecule has 49 heavy (non-hydrogen) atoms. The second-order valence-electron chi connectivity index (χ2n) is 12.5. The van der Waals surface area contributed by atoms with E-state index >= 15 is 0 Å². The van der Waals surface area contributed by atoms with Crippen LogP contribution in [0.5, 0.6) is 0 Å². The van der Waals surface area contributed by atoms with Gasteiger partial charge >= 0.3 is 0 Å². The molecule has 7 rings (SSSR count). The van der Waals surface area contributed by atoms with Crippen molar-refractivity contribution in [1.29, 1.82) is 0 Å². The normalized spacial score (nSPS) is 17.9. The van der Waals surface area contributed by atoms with E-state index in [0.29, 0.717) is 58.6 Å². The van der Waals surface area contributed by atoms with Gasteiger partial charge in [0.05, 0.1) is 27.6 Å². The molecule has 0 radical (unpaired) electrons. The number of anilines is 1. The molecule has 3 heterocycles. The lowest BCUT2D eigenvalue weighted by molar-refractivity contribution is -0.114. The zero-order chi connectivity index (χ0) is 34.0. The summed E-state index contributed by atoms with van der Waals surface area (Å²) in [7, 11) is -3.70. The van der Waals surface area contributed by atoms with Crippen molar-refractivity contribution < 1.29 is 13.2 Å². The molecule has 2 aliphatic heterocycles. The SMILES string of the molecule is Cc1ccc(SCC2=NN(c3ccccc3)C(=O)/C2=C\c2cn(-c3ccccc3)nc2-c2cccc(S(=O)(=O)N3CCCC(C)C3)c2)cc1. The molecule has 1 fully saturated rings. The van der Waals surface area contributed by atoms with Crippen LogP contribution in [0.25, 0.3) is 23.0 Å². The van der Waals surface area contributed by atoms with Crippen molar-refractivity contribution in [2.75, 3.05) is 23.9 Å². The third-order valence-corrected chi connectivity index (χ3v) is 11.7. The van der Waals surface area contributed by atoms with Crippen molar-refractivity contribution in [2.45, 2.75) is 36.5 Å². The summed E-state index contributed by atoms with van der Waals surface area (Å²) in [6.45, 7) is 5.17. The number of carbonyl (C=O) groups is 1. The van der Waals surface area contributed by atoms with Crippen molar-refractivity contribution in [3.05, 3.63) is 132 Å². The fraction of sp³-hybridized carbons (Fsp3) is 0.205. The molecule has 1 aromatic heterocycles. The summed E-state index contributed by atoms with van der Waals surface area (Å²) in [5.41, 5.74) is 5.69. The van der Waals surface area contributed by atoms with Gasteiger partial charge in [-0.25, -0.2) is 13.1 Å². The van der Waals surface area contributed by atoms with Crippen LogP contribution in [0.1, 0.15) is 30.9 Å². The van der Waals surface area contributed by atoms with Crippen molar-refractivity contribution in [2.24, 2.45) is 11.0 Å². The number of thioether (sulfide) groups is 1. The summed E-state index contributed by atoms with van der Waals surface area (Å²) < 4.78 is 30.9. The highest BCUT2D eigenvalue weighted by molar-refractivity contribution is 8.00. The van der Waals surface area contributed by atoms with Crippen LogP contribution >= 0.6 is 11.8 Å². The minimum Gasteiger partial charge on any atom is -0.267 e. The lowest BCUT2D eigenvalue weighted by atomic mass is 10.0. The zero-order valence-corrected chi connectivity index (χ0v) is 29.1. The highest BCUT2D eigenvalue weighted by Crippen LogP contribution is 2.33. The largest absolute Gasteiger partial charge is 0.280 e. The number of aromatic nitrogens is 2. The van der Waals surface area contributed by atoms with Crippen LogP contribution in [0.15, 0.2) is 136 Å². The molecule has 1 amide bonds. The van der Waals surface area contributed by atoms with E-state index in [0.717, 1.165) is 23.4 Å². The number of carbonyl (C=O) groups excluding carboxylic acids is 1. The van der Waals surface area contributed by atoms with Crippen molar-refractivity contribution >= 4 is 45.2 Å². The Morgan fingerprint density at radius 2 is 1.61 bits per heavy atom. The minimum atomic E-state index is -3.70. The molecule has 2 aliphatic rings. The number of sulfonamides is 1. The standard InChI is InChI=1S/C39H37N5O3S2/c1-28-18-20-34(21-19-28)48-27-37-36(39(45)44(40-37)33-15-7-4-8-16-33)24-31-26-43(32-13-5-3-6-14-32)41-38(31)30-12-9-17-35(23-30)49(46,47)42-22-10-11-29(2)25-42/h3-9,12-21,23-24,26,29H,10-11,22,25,27H2,1-2H3/b36-24-. The van der Waals surface area contributed by atoms with Crippen LogP contribution in [-0.4, -0.2) is 53.0 Å². The number of nitrogens with zero attached hydrogens (tertiary/aromatic N) is 5. The number of benzene rings is 4. The first-order chi connectivity index (χ1) is 23.8. The maximum atomic E-state index is 14.1. The Kier molecular flexibility index (Phi) is 9.35. The Balaban J connectivity index is 1.31. The summed E-state index contributed by atoms with van der Waals surface area (Å²) in [5.74, 6) is 0.555. The van der Waals surface area contributed by atoms with Gasteiger partial charge in [0.2, 0.25) is 10.0 Å². The van der Waals surface area contributed by atoms with E-state index < -0.39 is 10.0 Å². The average molecular weight is 688 g/mol. The predicted molar refractivity (Wildman–Crippen MR) is 197 cm³/mol. The Labute approximate surface area is 291 Å². The molecule has 248 valence electrons. The third kappa shape index (κ3) is 7.03. The monoisotopic (exact) mass is 687 g/mol. The van der Waals surface area contributed by atoms with Crippen LogP contribution < -0.4 is 5.01 Å². The first-order valence-electron chi connectivity index (χ1n) is 16.4. The van der Waals surface area contributed by atoms with Gasteiger partial charge in [0.15, 0.2) is 0 Å². The number of rotatable bonds is 9. The van der Waals surface area contributed by atoms with Crippen LogP contribution in [0.4, 0.5) is 5.69 Å². The van der Waals surface area contributed by atoms with Gasteiger partial charge in [-0.05, 0) is 80.3 Å². The fourth-order valence-corrected chi connectivity index (χ4v) is 8.63. The number of hydrazone groups is 1. The summed E-state index contributed by atoms with van der Waals surface area (Å²) in [6.07, 6.45) is 5.60. The van der Waals surface area contributed by atoms with Crippen molar-refractivity contribution in [3.8, 4) is 16.9 Å². The Morgan fingerprint density at radius 1 is 0.898 bits per heavy atom. The number of piperidine rings is 1. The summed E-state index contributed by atoms with van der Waals surface area (Å²) in [5, 5.41) is 11.2. The first kappa shape index (κ1) is 32.8. The number of aryl methyl sites for hydroxylation is 1. The molecule has 1 saturated heterocycles. The fourth-order valence-electron chi connectivity index (χ4n) is 6.14. The van der Waals surface area contributed by atoms with Gasteiger partial charge in [0.25, 0.3) is 5.91 Å². The van der Waals surface area contributed by atoms with Gasteiger partial charge in [0.1, 0.15) is 5.69 Å². The number of hydrogen-bond donors (Lipinski definition) is 0. The van der Waals surface area contributed by atoms with E-state index in [1.54, 1.807) is 38.9 Å². The van der Waals surface area contributed by atoms with Gasteiger partial charge in [0, 0.05) is 41.1 Å². The van der Waals surface area contributed by atoms with Crippen LogP contribution in [0.3, 0.4) is 0 Å². The molecule has 5 aromatic rings. The molecular formula is C39H37N5O3S2. The second kappa shape index (κ2) is 14.0. The lowest BCUT2D eigenvalue weighted by Crippen LogP contribution is -2.39. The highest BCUT2D eigenvalue weighted by Gasteiger charge is 2.32. The number of hydrogen-bond acceptors (Lipinski definition) is 6. The Hall–Kier alpha value is -4.77. The second-order valence-corrected chi connectivity index (χ2v) is 15.5. The van der Waals surface area contributed by atoms with Gasteiger partial charge in [-0.1, -0.05) is 73.2 Å². The number of amides is 1. The first-order valence-corrected chi connectivity index (χ1v) is 18.8. The molecule has 0 bridgehead atoms. The Bertz CT molecular complexity index is 2140. The highest BCUT2D eigenvalue weighted by atomic mass is 32.2. The van der Waals surface area contributed by atoms with Crippen LogP contribution in [0.2, 0.25) is 0 Å². The van der Waals surface area contributed by atoms with Gasteiger partial charge in [-0.2, -0.15) is 19.5 Å². The quantitative estimate of drug-likeness (QED) is 0.116. The molecule has 10 heteroatoms. The van der Waals surface area contributed by atoms with Crippen molar-refractivity contribution in [1.82, 2.24) is 14.1 Å². The molecular weight excluding hydrogens is 651 g/mol.